The summed E-state index contributed by atoms with van der Waals surface area (Å²) in [4.78, 5) is 6.76. The van der Waals surface area contributed by atoms with E-state index in [1.807, 2.05) is 0 Å². The summed E-state index contributed by atoms with van der Waals surface area (Å²) in [5, 5.41) is 12.7. The number of halogens is 1. The van der Waals surface area contributed by atoms with Crippen LogP contribution in [0.15, 0.2) is 29.3 Å². The average molecular weight is 446 g/mol. The number of benzene rings is 1. The zero-order valence-electron chi connectivity index (χ0n) is 14.6. The summed E-state index contributed by atoms with van der Waals surface area (Å²) in [7, 11) is 0. The van der Waals surface area contributed by atoms with Crippen LogP contribution >= 0.6 is 24.0 Å². The van der Waals surface area contributed by atoms with Crippen molar-refractivity contribution in [2.45, 2.75) is 51.8 Å². The maximum atomic E-state index is 9.55. The van der Waals surface area contributed by atoms with Crippen molar-refractivity contribution in [1.82, 2.24) is 10.2 Å². The van der Waals surface area contributed by atoms with Crippen molar-refractivity contribution in [2.75, 3.05) is 19.6 Å². The van der Waals surface area contributed by atoms with E-state index in [0.29, 0.717) is 12.5 Å². The van der Waals surface area contributed by atoms with Crippen molar-refractivity contribution in [3.63, 3.8) is 0 Å². The lowest BCUT2D eigenvalue weighted by Crippen LogP contribution is -2.35. The first-order chi connectivity index (χ1) is 11.2. The summed E-state index contributed by atoms with van der Waals surface area (Å²) < 4.78 is 0. The van der Waals surface area contributed by atoms with Gasteiger partial charge in [0.1, 0.15) is 0 Å². The number of nitrogens with one attached hydrogen (secondary N) is 1. The van der Waals surface area contributed by atoms with Gasteiger partial charge >= 0.3 is 0 Å². The van der Waals surface area contributed by atoms with Crippen molar-refractivity contribution in [3.05, 3.63) is 35.4 Å². The molecule has 1 aromatic carbocycles. The van der Waals surface area contributed by atoms with Crippen LogP contribution in [0.1, 0.15) is 43.7 Å². The van der Waals surface area contributed by atoms with Gasteiger partial charge in [-0.2, -0.15) is 0 Å². The molecule has 2 rings (SSSR count). The predicted molar refractivity (Wildman–Crippen MR) is 111 cm³/mol. The van der Waals surface area contributed by atoms with E-state index in [4.69, 9.17) is 5.73 Å². The van der Waals surface area contributed by atoms with E-state index in [2.05, 4.69) is 46.4 Å². The van der Waals surface area contributed by atoms with Crippen LogP contribution in [0.3, 0.4) is 0 Å². The van der Waals surface area contributed by atoms with Gasteiger partial charge in [-0.3, -0.25) is 4.90 Å². The van der Waals surface area contributed by atoms with Gasteiger partial charge in [-0.15, -0.1) is 24.0 Å². The monoisotopic (exact) mass is 446 g/mol. The largest absolute Gasteiger partial charge is 0.393 e. The highest BCUT2D eigenvalue weighted by atomic mass is 127. The molecule has 0 radical (unpaired) electrons. The Morgan fingerprint density at radius 3 is 2.50 bits per heavy atom. The van der Waals surface area contributed by atoms with Crippen LogP contribution in [-0.4, -0.2) is 41.7 Å². The van der Waals surface area contributed by atoms with Crippen molar-refractivity contribution in [1.29, 1.82) is 0 Å². The second-order valence-corrected chi connectivity index (χ2v) is 6.31. The van der Waals surface area contributed by atoms with Gasteiger partial charge in [0.05, 0.1) is 12.6 Å². The first-order valence-corrected chi connectivity index (χ1v) is 8.69. The van der Waals surface area contributed by atoms with Crippen LogP contribution in [0.4, 0.5) is 0 Å². The van der Waals surface area contributed by atoms with E-state index in [1.54, 1.807) is 0 Å². The molecule has 0 aromatic heterocycles. The molecule has 0 unspecified atom stereocenters. The highest BCUT2D eigenvalue weighted by molar-refractivity contribution is 14.0. The molecule has 0 spiro atoms. The molecule has 4 N–H and O–H groups in total. The average Bonchev–Trinajstić information content (AvgIpc) is 2.57. The number of nitrogens with zero attached hydrogens (tertiary/aromatic N) is 2. The van der Waals surface area contributed by atoms with E-state index in [0.717, 1.165) is 51.9 Å². The molecule has 0 amide bonds. The quantitative estimate of drug-likeness (QED) is 0.261. The maximum Gasteiger partial charge on any atom is 0.188 e. The summed E-state index contributed by atoms with van der Waals surface area (Å²) in [6.45, 7) is 6.57. The Morgan fingerprint density at radius 2 is 1.88 bits per heavy atom. The van der Waals surface area contributed by atoms with Crippen LogP contribution in [0, 0.1) is 0 Å². The van der Waals surface area contributed by atoms with Crippen LogP contribution in [0.25, 0.3) is 0 Å². The molecule has 1 aliphatic heterocycles. The molecule has 0 saturated carbocycles. The number of piperidine rings is 1. The minimum atomic E-state index is -0.108. The van der Waals surface area contributed by atoms with Crippen LogP contribution in [-0.2, 0) is 13.1 Å². The third kappa shape index (κ3) is 7.81. The molecular formula is C18H31IN4O. The SMILES string of the molecule is CCCCNC(N)=NCc1ccc(CN2CCC(O)CC2)cc1.I. The number of rotatable bonds is 7. The van der Waals surface area contributed by atoms with Crippen LogP contribution in [0.5, 0.6) is 0 Å². The second-order valence-electron chi connectivity index (χ2n) is 6.31. The molecule has 0 atom stereocenters. The van der Waals surface area contributed by atoms with Crippen molar-refractivity contribution >= 4 is 29.9 Å². The molecule has 1 aliphatic rings. The van der Waals surface area contributed by atoms with E-state index in [1.165, 1.54) is 11.1 Å². The Hall–Kier alpha value is -0.860. The predicted octanol–water partition coefficient (Wildman–Crippen LogP) is 2.47. The fourth-order valence-corrected chi connectivity index (χ4v) is 2.71. The van der Waals surface area contributed by atoms with Crippen LogP contribution < -0.4 is 11.1 Å². The number of hydrogen-bond acceptors (Lipinski definition) is 3. The Kier molecular flexibility index (Phi) is 10.3. The number of aliphatic hydroxyl groups is 1. The third-order valence-electron chi connectivity index (χ3n) is 4.25. The van der Waals surface area contributed by atoms with Gasteiger partial charge in [-0.1, -0.05) is 37.6 Å². The first kappa shape index (κ1) is 21.2. The fraction of sp³-hybridized carbons (Fsp3) is 0.611. The van der Waals surface area contributed by atoms with Gasteiger partial charge in [0.15, 0.2) is 5.96 Å². The van der Waals surface area contributed by atoms with E-state index in [-0.39, 0.29) is 30.1 Å². The van der Waals surface area contributed by atoms with Gasteiger partial charge in [0, 0.05) is 26.2 Å². The Morgan fingerprint density at radius 1 is 1.25 bits per heavy atom. The summed E-state index contributed by atoms with van der Waals surface area (Å²) in [5.41, 5.74) is 8.32. The summed E-state index contributed by atoms with van der Waals surface area (Å²) in [6, 6.07) is 8.57. The number of aliphatic hydroxyl groups excluding tert-OH is 1. The number of guanidine groups is 1. The highest BCUT2D eigenvalue weighted by Gasteiger charge is 2.16. The zero-order chi connectivity index (χ0) is 16.5. The molecule has 1 saturated heterocycles. The molecule has 24 heavy (non-hydrogen) atoms. The van der Waals surface area contributed by atoms with Gasteiger partial charge in [-0.05, 0) is 30.4 Å². The van der Waals surface area contributed by atoms with E-state index >= 15 is 0 Å². The summed E-state index contributed by atoms with van der Waals surface area (Å²) >= 11 is 0. The third-order valence-corrected chi connectivity index (χ3v) is 4.25. The highest BCUT2D eigenvalue weighted by Crippen LogP contribution is 2.14. The molecular weight excluding hydrogens is 415 g/mol. The number of aliphatic imine (C=N–C) groups is 1. The number of unbranched alkanes of at least 4 members (excludes halogenated alkanes) is 1. The topological polar surface area (TPSA) is 73.9 Å². The minimum absolute atomic E-state index is 0. The molecule has 1 aromatic rings. The number of nitrogens with two attached hydrogens (primary N) is 1. The van der Waals surface area contributed by atoms with Gasteiger partial charge < -0.3 is 16.2 Å². The second kappa shape index (κ2) is 11.7. The molecule has 1 heterocycles. The zero-order valence-corrected chi connectivity index (χ0v) is 16.9. The molecule has 5 nitrogen and oxygen atoms in total. The standard InChI is InChI=1S/C18H30N4O.HI/c1-2-3-10-20-18(19)21-13-15-4-6-16(7-5-15)14-22-11-8-17(23)9-12-22;/h4-7,17,23H,2-3,8-14H2,1H3,(H3,19,20,21);1H. The van der Waals surface area contributed by atoms with Crippen molar-refractivity contribution < 1.29 is 5.11 Å². The Balaban J connectivity index is 0.00000288. The first-order valence-electron chi connectivity index (χ1n) is 8.69. The van der Waals surface area contributed by atoms with Crippen LogP contribution in [0.2, 0.25) is 0 Å². The molecule has 0 aliphatic carbocycles. The van der Waals surface area contributed by atoms with Gasteiger partial charge in [0.25, 0.3) is 0 Å². The minimum Gasteiger partial charge on any atom is -0.393 e. The van der Waals surface area contributed by atoms with Gasteiger partial charge in [-0.25, -0.2) is 4.99 Å². The lowest BCUT2D eigenvalue weighted by Gasteiger charge is -2.29. The summed E-state index contributed by atoms with van der Waals surface area (Å²) in [6.07, 6.45) is 3.92. The van der Waals surface area contributed by atoms with Crippen molar-refractivity contribution in [3.8, 4) is 0 Å². The maximum absolute atomic E-state index is 9.55. The Labute approximate surface area is 162 Å². The van der Waals surface area contributed by atoms with E-state index in [9.17, 15) is 5.11 Å². The lowest BCUT2D eigenvalue weighted by atomic mass is 10.1. The molecule has 0 bridgehead atoms. The van der Waals surface area contributed by atoms with Crippen molar-refractivity contribution in [2.24, 2.45) is 10.7 Å². The molecule has 1 fully saturated rings. The van der Waals surface area contributed by atoms with E-state index < -0.39 is 0 Å². The lowest BCUT2D eigenvalue weighted by molar-refractivity contribution is 0.0792. The summed E-state index contributed by atoms with van der Waals surface area (Å²) in [5.74, 6) is 0.523. The number of hydrogen-bond donors (Lipinski definition) is 3. The normalized spacial score (nSPS) is 16.7. The Bertz CT molecular complexity index is 484. The molecule has 6 heteroatoms. The number of likely N-dealkylation sites (tertiary alicyclic amines) is 1. The molecule has 136 valence electrons. The smallest absolute Gasteiger partial charge is 0.188 e. The van der Waals surface area contributed by atoms with Gasteiger partial charge in [0.2, 0.25) is 0 Å². The fourth-order valence-electron chi connectivity index (χ4n) is 2.71.